The quantitative estimate of drug-likeness (QED) is 0.730. The van der Waals surface area contributed by atoms with Gasteiger partial charge in [-0.05, 0) is 23.3 Å². The number of carboxylic acids is 1. The largest absolute Gasteiger partial charge is 0.478 e. The fourth-order valence-corrected chi connectivity index (χ4v) is 2.15. The molecule has 0 radical (unpaired) electrons. The summed E-state index contributed by atoms with van der Waals surface area (Å²) in [7, 11) is 0. The Labute approximate surface area is 127 Å². The van der Waals surface area contributed by atoms with Gasteiger partial charge in [0.05, 0.1) is 11.1 Å². The van der Waals surface area contributed by atoms with Gasteiger partial charge in [-0.2, -0.15) is 5.90 Å². The van der Waals surface area contributed by atoms with Crippen molar-refractivity contribution in [2.24, 2.45) is 5.90 Å². The molecule has 22 heavy (non-hydrogen) atoms. The molecule has 0 bridgehead atoms. The van der Waals surface area contributed by atoms with Crippen molar-refractivity contribution in [3.05, 3.63) is 70.8 Å². The first-order chi connectivity index (χ1) is 10.6. The van der Waals surface area contributed by atoms with Crippen LogP contribution in [0.5, 0.6) is 0 Å². The number of carbonyl (C=O) groups excluding carboxylic acids is 1. The number of carboxylic acid groups (broad SMARTS) is 1. The van der Waals surface area contributed by atoms with Gasteiger partial charge in [0, 0.05) is 13.1 Å². The molecule has 114 valence electrons. The lowest BCUT2D eigenvalue weighted by atomic mass is 10.1. The zero-order valence-corrected chi connectivity index (χ0v) is 11.8. The van der Waals surface area contributed by atoms with Crippen LogP contribution in [0.4, 0.5) is 0 Å². The van der Waals surface area contributed by atoms with Crippen LogP contribution in [0.1, 0.15) is 31.8 Å². The van der Waals surface area contributed by atoms with Crippen molar-refractivity contribution < 1.29 is 19.5 Å². The number of nitrogens with two attached hydrogens (primary N) is 1. The molecule has 0 fully saturated rings. The minimum Gasteiger partial charge on any atom is -0.478 e. The fourth-order valence-electron chi connectivity index (χ4n) is 2.15. The molecule has 0 aliphatic carbocycles. The maximum Gasteiger partial charge on any atom is 0.357 e. The summed E-state index contributed by atoms with van der Waals surface area (Å²) in [5.74, 6) is 2.57. The Morgan fingerprint density at radius 2 is 1.45 bits per heavy atom. The standard InChI is InChI=1S/C8H7NO4.C8H9N/c9-13-8(12)6-4-2-1-3-5(6)7(10)11;1-2-4-8-6-9-5-7(8)3-1/h1-4H,9H2,(H,10,11);1-4,9H,5-6H2. The van der Waals surface area contributed by atoms with Crippen LogP contribution < -0.4 is 11.2 Å². The molecular formula is C16H16N2O4. The van der Waals surface area contributed by atoms with Crippen molar-refractivity contribution in [2.45, 2.75) is 13.1 Å². The average molecular weight is 300 g/mol. The highest BCUT2D eigenvalue weighted by Gasteiger charge is 2.15. The smallest absolute Gasteiger partial charge is 0.357 e. The molecule has 0 atom stereocenters. The Kier molecular flexibility index (Phi) is 5.24. The monoisotopic (exact) mass is 300 g/mol. The molecule has 0 saturated heterocycles. The molecule has 0 aromatic heterocycles. The molecule has 4 N–H and O–H groups in total. The SMILES string of the molecule is NOC(=O)c1ccccc1C(=O)O.c1ccc2c(c1)CNC2. The summed E-state index contributed by atoms with van der Waals surface area (Å²) in [4.78, 5) is 25.4. The van der Waals surface area contributed by atoms with E-state index >= 15 is 0 Å². The first kappa shape index (κ1) is 15.7. The van der Waals surface area contributed by atoms with Crippen LogP contribution in [0.3, 0.4) is 0 Å². The van der Waals surface area contributed by atoms with Crippen LogP contribution in [0, 0.1) is 0 Å². The third-order valence-corrected chi connectivity index (χ3v) is 3.23. The van der Waals surface area contributed by atoms with Crippen molar-refractivity contribution >= 4 is 11.9 Å². The molecule has 3 rings (SSSR count). The topological polar surface area (TPSA) is 102 Å². The lowest BCUT2D eigenvalue weighted by Gasteiger charge is -2.01. The van der Waals surface area contributed by atoms with Crippen molar-refractivity contribution in [2.75, 3.05) is 0 Å². The van der Waals surface area contributed by atoms with Gasteiger partial charge >= 0.3 is 11.9 Å². The number of rotatable bonds is 2. The van der Waals surface area contributed by atoms with Crippen LogP contribution in [-0.4, -0.2) is 17.0 Å². The predicted molar refractivity (Wildman–Crippen MR) is 80.0 cm³/mol. The molecule has 0 amide bonds. The van der Waals surface area contributed by atoms with Crippen molar-refractivity contribution in [3.63, 3.8) is 0 Å². The Balaban J connectivity index is 0.000000170. The molecule has 1 aliphatic heterocycles. The highest BCUT2D eigenvalue weighted by Crippen LogP contribution is 2.13. The van der Waals surface area contributed by atoms with Gasteiger partial charge in [0.25, 0.3) is 0 Å². The number of carbonyl (C=O) groups is 2. The van der Waals surface area contributed by atoms with Crippen LogP contribution in [0.25, 0.3) is 0 Å². The van der Waals surface area contributed by atoms with E-state index in [9.17, 15) is 9.59 Å². The molecular weight excluding hydrogens is 284 g/mol. The molecule has 6 nitrogen and oxygen atoms in total. The lowest BCUT2D eigenvalue weighted by molar-refractivity contribution is 0.0493. The molecule has 1 aliphatic rings. The lowest BCUT2D eigenvalue weighted by Crippen LogP contribution is -2.14. The van der Waals surface area contributed by atoms with Gasteiger partial charge in [-0.3, -0.25) is 0 Å². The van der Waals surface area contributed by atoms with Crippen molar-refractivity contribution in [3.8, 4) is 0 Å². The van der Waals surface area contributed by atoms with Crippen LogP contribution in [0.2, 0.25) is 0 Å². The zero-order valence-electron chi connectivity index (χ0n) is 11.8. The minimum absolute atomic E-state index is 0.0579. The van der Waals surface area contributed by atoms with E-state index in [0.717, 1.165) is 13.1 Å². The molecule has 0 saturated carbocycles. The average Bonchev–Trinajstić information content (AvgIpc) is 3.03. The summed E-state index contributed by atoms with van der Waals surface area (Å²) in [5, 5.41) is 11.9. The third-order valence-electron chi connectivity index (χ3n) is 3.23. The summed E-state index contributed by atoms with van der Waals surface area (Å²) in [6.45, 7) is 2.10. The highest BCUT2D eigenvalue weighted by molar-refractivity contribution is 6.02. The summed E-state index contributed by atoms with van der Waals surface area (Å²) in [5.41, 5.74) is 2.73. The van der Waals surface area contributed by atoms with Gasteiger partial charge in [-0.15, -0.1) is 0 Å². The van der Waals surface area contributed by atoms with Gasteiger partial charge in [-0.25, -0.2) is 9.59 Å². The third kappa shape index (κ3) is 3.69. The Bertz CT molecular complexity index is 662. The first-order valence-corrected chi connectivity index (χ1v) is 6.64. The molecule has 0 spiro atoms. The van der Waals surface area contributed by atoms with Crippen LogP contribution in [-0.2, 0) is 17.9 Å². The predicted octanol–water partition coefficient (Wildman–Crippen LogP) is 1.71. The summed E-state index contributed by atoms with van der Waals surface area (Å²) < 4.78 is 0. The number of hydrogen-bond acceptors (Lipinski definition) is 5. The van der Waals surface area contributed by atoms with E-state index in [1.807, 2.05) is 0 Å². The van der Waals surface area contributed by atoms with Gasteiger partial charge in [0.15, 0.2) is 0 Å². The first-order valence-electron chi connectivity index (χ1n) is 6.64. The van der Waals surface area contributed by atoms with Gasteiger partial charge in [-0.1, -0.05) is 36.4 Å². The van der Waals surface area contributed by atoms with Gasteiger partial charge in [0.1, 0.15) is 0 Å². The molecule has 1 heterocycles. The van der Waals surface area contributed by atoms with Crippen LogP contribution >= 0.6 is 0 Å². The number of nitrogens with one attached hydrogen (secondary N) is 1. The van der Waals surface area contributed by atoms with Gasteiger partial charge < -0.3 is 15.3 Å². The number of benzene rings is 2. The second-order valence-electron chi connectivity index (χ2n) is 4.63. The number of fused-ring (bicyclic) bond motifs is 1. The Morgan fingerprint density at radius 1 is 0.955 bits per heavy atom. The van der Waals surface area contributed by atoms with E-state index in [-0.39, 0.29) is 11.1 Å². The number of aromatic carboxylic acids is 1. The highest BCUT2D eigenvalue weighted by atomic mass is 16.7. The summed E-state index contributed by atoms with van der Waals surface area (Å²) >= 11 is 0. The van der Waals surface area contributed by atoms with E-state index in [1.54, 1.807) is 0 Å². The fraction of sp³-hybridized carbons (Fsp3) is 0.125. The molecule has 2 aromatic carbocycles. The molecule has 6 heteroatoms. The zero-order chi connectivity index (χ0) is 15.9. The van der Waals surface area contributed by atoms with E-state index in [0.29, 0.717) is 0 Å². The Morgan fingerprint density at radius 3 is 1.95 bits per heavy atom. The van der Waals surface area contributed by atoms with E-state index in [1.165, 1.54) is 35.4 Å². The Hall–Kier alpha value is -2.70. The normalized spacial score (nSPS) is 11.9. The number of hydrogen-bond donors (Lipinski definition) is 3. The van der Waals surface area contributed by atoms with E-state index in [2.05, 4.69) is 40.3 Å². The summed E-state index contributed by atoms with van der Waals surface area (Å²) in [6, 6.07) is 14.2. The second-order valence-corrected chi connectivity index (χ2v) is 4.63. The summed E-state index contributed by atoms with van der Waals surface area (Å²) in [6.07, 6.45) is 0. The van der Waals surface area contributed by atoms with Crippen molar-refractivity contribution in [1.82, 2.24) is 5.32 Å². The van der Waals surface area contributed by atoms with E-state index < -0.39 is 11.9 Å². The molecule has 2 aromatic rings. The molecule has 0 unspecified atom stereocenters. The maximum absolute atomic E-state index is 10.9. The van der Waals surface area contributed by atoms with E-state index in [4.69, 9.17) is 5.11 Å². The van der Waals surface area contributed by atoms with Crippen molar-refractivity contribution in [1.29, 1.82) is 0 Å². The maximum atomic E-state index is 10.9. The second kappa shape index (κ2) is 7.35. The van der Waals surface area contributed by atoms with Gasteiger partial charge in [0.2, 0.25) is 0 Å². The van der Waals surface area contributed by atoms with Crippen LogP contribution in [0.15, 0.2) is 48.5 Å². The minimum atomic E-state index is -1.19.